The monoisotopic (exact) mass is 194 g/mol. The largest absolute Gasteiger partial charge is 0.389 e. The lowest BCUT2D eigenvalue weighted by Gasteiger charge is -2.02. The molecule has 0 aromatic heterocycles. The van der Waals surface area contributed by atoms with Gasteiger partial charge in [0.05, 0.1) is 5.75 Å². The molecule has 0 radical (unpaired) electrons. The summed E-state index contributed by atoms with van der Waals surface area (Å²) in [7, 11) is -4.75. The molecular formula is C4H6F4O2S. The Morgan fingerprint density at radius 3 is 1.91 bits per heavy atom. The molecule has 0 aliphatic carbocycles. The van der Waals surface area contributed by atoms with Crippen LogP contribution in [-0.4, -0.2) is 20.3 Å². The Labute approximate surface area is 61.4 Å². The summed E-state index contributed by atoms with van der Waals surface area (Å²) >= 11 is 0. The summed E-state index contributed by atoms with van der Waals surface area (Å²) in [6, 6.07) is 0. The first-order chi connectivity index (χ1) is 4.71. The Hall–Kier alpha value is -0.330. The van der Waals surface area contributed by atoms with Crippen molar-refractivity contribution in [3.63, 3.8) is 0 Å². The maximum atomic E-state index is 11.6. The van der Waals surface area contributed by atoms with Gasteiger partial charge in [-0.2, -0.15) is 21.6 Å². The fourth-order valence-corrected chi connectivity index (χ4v) is 0.934. The zero-order valence-corrected chi connectivity index (χ0v) is 6.17. The van der Waals surface area contributed by atoms with Crippen LogP contribution in [-0.2, 0) is 10.2 Å². The minimum Gasteiger partial charge on any atom is -0.195 e. The van der Waals surface area contributed by atoms with Crippen LogP contribution in [0.5, 0.6) is 0 Å². The van der Waals surface area contributed by atoms with Gasteiger partial charge in [-0.15, -0.1) is 3.89 Å². The van der Waals surface area contributed by atoms with Gasteiger partial charge in [-0.25, -0.2) is 0 Å². The standard InChI is InChI=1S/C4H6F4O2S/c5-4(6,7)2-1-3-11(8,9)10/h1-3H2. The predicted octanol–water partition coefficient (Wildman–Crippen LogP) is 1.63. The number of alkyl halides is 3. The van der Waals surface area contributed by atoms with Crippen LogP contribution in [0, 0.1) is 0 Å². The van der Waals surface area contributed by atoms with E-state index in [0.29, 0.717) is 0 Å². The summed E-state index contributed by atoms with van der Waals surface area (Å²) in [5.74, 6) is -1.06. The van der Waals surface area contributed by atoms with E-state index in [9.17, 15) is 25.5 Å². The van der Waals surface area contributed by atoms with Crippen LogP contribution in [0.3, 0.4) is 0 Å². The molecule has 11 heavy (non-hydrogen) atoms. The maximum absolute atomic E-state index is 11.6. The number of halogens is 4. The Morgan fingerprint density at radius 1 is 1.18 bits per heavy atom. The molecule has 7 heteroatoms. The van der Waals surface area contributed by atoms with E-state index in [4.69, 9.17) is 0 Å². The summed E-state index contributed by atoms with van der Waals surface area (Å²) in [5, 5.41) is 0. The lowest BCUT2D eigenvalue weighted by atomic mass is 10.3. The molecule has 0 spiro atoms. The van der Waals surface area contributed by atoms with Crippen molar-refractivity contribution >= 4 is 10.2 Å². The number of hydrogen-bond donors (Lipinski definition) is 0. The van der Waals surface area contributed by atoms with Gasteiger partial charge in [-0.1, -0.05) is 0 Å². The first-order valence-corrected chi connectivity index (χ1v) is 4.25. The van der Waals surface area contributed by atoms with Gasteiger partial charge in [-0.3, -0.25) is 0 Å². The normalized spacial score (nSPS) is 13.5. The molecule has 2 nitrogen and oxygen atoms in total. The molecule has 0 aliphatic rings. The summed E-state index contributed by atoms with van der Waals surface area (Å²) in [5.41, 5.74) is 0. The molecule has 68 valence electrons. The topological polar surface area (TPSA) is 34.1 Å². The van der Waals surface area contributed by atoms with Gasteiger partial charge in [0.2, 0.25) is 0 Å². The molecule has 0 aromatic rings. The molecule has 0 aromatic carbocycles. The second kappa shape index (κ2) is 3.38. The SMILES string of the molecule is O=S(=O)(F)CCCC(F)(F)F. The van der Waals surface area contributed by atoms with Gasteiger partial charge < -0.3 is 0 Å². The predicted molar refractivity (Wildman–Crippen MR) is 30.2 cm³/mol. The highest BCUT2D eigenvalue weighted by Gasteiger charge is 2.27. The van der Waals surface area contributed by atoms with E-state index in [0.717, 1.165) is 0 Å². The van der Waals surface area contributed by atoms with Crippen molar-refractivity contribution in [2.45, 2.75) is 19.0 Å². The van der Waals surface area contributed by atoms with Gasteiger partial charge in [0, 0.05) is 6.42 Å². The molecule has 0 saturated heterocycles. The maximum Gasteiger partial charge on any atom is 0.389 e. The molecule has 0 rings (SSSR count). The van der Waals surface area contributed by atoms with Crippen LogP contribution in [0.15, 0.2) is 0 Å². The van der Waals surface area contributed by atoms with Crippen LogP contribution in [0.2, 0.25) is 0 Å². The van der Waals surface area contributed by atoms with Crippen molar-refractivity contribution in [2.24, 2.45) is 0 Å². The summed E-state index contributed by atoms with van der Waals surface area (Å²) in [6.45, 7) is 0. The minimum absolute atomic E-state index is 0.720. The third-order valence-electron chi connectivity index (χ3n) is 0.848. The van der Waals surface area contributed by atoms with Crippen LogP contribution >= 0.6 is 0 Å². The van der Waals surface area contributed by atoms with E-state index in [1.165, 1.54) is 0 Å². The van der Waals surface area contributed by atoms with E-state index < -0.39 is 35.0 Å². The third-order valence-corrected chi connectivity index (χ3v) is 1.62. The second-order valence-electron chi connectivity index (χ2n) is 1.96. The lowest BCUT2D eigenvalue weighted by Crippen LogP contribution is -2.09. The van der Waals surface area contributed by atoms with Crippen LogP contribution in [0.25, 0.3) is 0 Å². The molecule has 0 bridgehead atoms. The fraction of sp³-hybridized carbons (Fsp3) is 1.00. The van der Waals surface area contributed by atoms with Gasteiger partial charge >= 0.3 is 16.4 Å². The number of rotatable bonds is 3. The van der Waals surface area contributed by atoms with Crippen molar-refractivity contribution in [3.05, 3.63) is 0 Å². The Bertz CT molecular complexity index is 205. The molecule has 0 amide bonds. The van der Waals surface area contributed by atoms with Gasteiger partial charge in [-0.05, 0) is 6.42 Å². The van der Waals surface area contributed by atoms with E-state index in [2.05, 4.69) is 0 Å². The van der Waals surface area contributed by atoms with Crippen molar-refractivity contribution in [2.75, 3.05) is 5.75 Å². The molecule has 0 atom stereocenters. The second-order valence-corrected chi connectivity index (χ2v) is 3.45. The Kier molecular flexibility index (Phi) is 3.28. The molecule has 0 N–H and O–H groups in total. The summed E-state index contributed by atoms with van der Waals surface area (Å²) in [4.78, 5) is 0. The van der Waals surface area contributed by atoms with Gasteiger partial charge in [0.1, 0.15) is 0 Å². The fourth-order valence-electron chi connectivity index (χ4n) is 0.445. The van der Waals surface area contributed by atoms with Crippen LogP contribution in [0.4, 0.5) is 17.1 Å². The lowest BCUT2D eigenvalue weighted by molar-refractivity contribution is -0.134. The summed E-state index contributed by atoms with van der Waals surface area (Å²) < 4.78 is 64.9. The molecular weight excluding hydrogens is 188 g/mol. The van der Waals surface area contributed by atoms with Crippen molar-refractivity contribution < 1.29 is 25.5 Å². The number of hydrogen-bond acceptors (Lipinski definition) is 2. The van der Waals surface area contributed by atoms with E-state index in [1.54, 1.807) is 0 Å². The highest BCUT2D eigenvalue weighted by molar-refractivity contribution is 7.86. The zero-order chi connectivity index (χ0) is 9.12. The highest BCUT2D eigenvalue weighted by Crippen LogP contribution is 2.21. The van der Waals surface area contributed by atoms with E-state index in [-0.39, 0.29) is 0 Å². The molecule has 0 unspecified atom stereocenters. The average molecular weight is 194 g/mol. The van der Waals surface area contributed by atoms with E-state index in [1.807, 2.05) is 0 Å². The summed E-state index contributed by atoms with van der Waals surface area (Å²) in [6.07, 6.45) is -6.40. The third kappa shape index (κ3) is 9.67. The van der Waals surface area contributed by atoms with Crippen molar-refractivity contribution in [1.82, 2.24) is 0 Å². The Balaban J connectivity index is 3.61. The first-order valence-electron chi connectivity index (χ1n) is 2.70. The van der Waals surface area contributed by atoms with E-state index >= 15 is 0 Å². The van der Waals surface area contributed by atoms with Gasteiger partial charge in [0.25, 0.3) is 0 Å². The average Bonchev–Trinajstić information content (AvgIpc) is 1.55. The smallest absolute Gasteiger partial charge is 0.195 e. The van der Waals surface area contributed by atoms with Gasteiger partial charge in [0.15, 0.2) is 0 Å². The Morgan fingerprint density at radius 2 is 1.64 bits per heavy atom. The van der Waals surface area contributed by atoms with Crippen molar-refractivity contribution in [1.29, 1.82) is 0 Å². The molecule has 0 heterocycles. The van der Waals surface area contributed by atoms with Crippen molar-refractivity contribution in [3.8, 4) is 0 Å². The van der Waals surface area contributed by atoms with Crippen LogP contribution in [0.1, 0.15) is 12.8 Å². The molecule has 0 fully saturated rings. The first kappa shape index (κ1) is 10.7. The molecule has 0 saturated carbocycles. The zero-order valence-electron chi connectivity index (χ0n) is 5.36. The highest BCUT2D eigenvalue weighted by atomic mass is 32.3. The minimum atomic E-state index is -4.75. The van der Waals surface area contributed by atoms with Crippen LogP contribution < -0.4 is 0 Å². The molecule has 0 aliphatic heterocycles. The quantitative estimate of drug-likeness (QED) is 0.505.